The second-order valence-corrected chi connectivity index (χ2v) is 15.5. The lowest BCUT2D eigenvalue weighted by Crippen LogP contribution is -2.29. The molecular weight excluding hydrogens is 691 g/mol. The van der Waals surface area contributed by atoms with Crippen molar-refractivity contribution in [2.24, 2.45) is 0 Å². The summed E-state index contributed by atoms with van der Waals surface area (Å²) in [6.07, 6.45) is 43.6. The minimum absolute atomic E-state index is 0.0379. The molecule has 3 N–H and O–H groups in total. The van der Waals surface area contributed by atoms with Crippen molar-refractivity contribution in [3.63, 3.8) is 0 Å². The fourth-order valence-electron chi connectivity index (χ4n) is 5.48. The molecule has 310 valence electrons. The second kappa shape index (κ2) is 40.1. The zero-order chi connectivity index (χ0) is 38.9. The Morgan fingerprint density at radius 3 is 1.62 bits per heavy atom. The maximum atomic E-state index is 12.5. The van der Waals surface area contributed by atoms with Crippen molar-refractivity contribution in [2.45, 2.75) is 187 Å². The van der Waals surface area contributed by atoms with Gasteiger partial charge in [0.2, 0.25) is 0 Å². The smallest absolute Gasteiger partial charge is 0.457 e. The van der Waals surface area contributed by atoms with Gasteiger partial charge in [0.1, 0.15) is 12.2 Å². The van der Waals surface area contributed by atoms with Gasteiger partial charge in [0.15, 0.2) is 0 Å². The van der Waals surface area contributed by atoms with Gasteiger partial charge in [-0.15, -0.1) is 0 Å². The minimum atomic E-state index is -4.52. The molecule has 10 heteroatoms. The molecule has 0 spiro atoms. The maximum Gasteiger partial charge on any atom is 0.472 e. The Bertz CT molecular complexity index is 965. The molecule has 0 amide bonds. The summed E-state index contributed by atoms with van der Waals surface area (Å²) < 4.78 is 33.2. The van der Waals surface area contributed by atoms with E-state index in [1.54, 1.807) is 0 Å². The first-order valence-electron chi connectivity index (χ1n) is 21.1. The molecule has 0 fully saturated rings. The van der Waals surface area contributed by atoms with Gasteiger partial charge in [-0.1, -0.05) is 146 Å². The molecule has 0 aromatic heterocycles. The van der Waals surface area contributed by atoms with E-state index in [0.29, 0.717) is 13.0 Å². The van der Waals surface area contributed by atoms with Crippen LogP contribution in [-0.4, -0.2) is 66.3 Å². The van der Waals surface area contributed by atoms with Gasteiger partial charge >= 0.3 is 13.8 Å². The number of allylic oxidation sites excluding steroid dienone is 8. The number of aliphatic hydroxyl groups excluding tert-OH is 2. The summed E-state index contributed by atoms with van der Waals surface area (Å²) in [4.78, 5) is 22.5. The topological polar surface area (TPSA) is 132 Å². The third kappa shape index (κ3) is 39.9. The van der Waals surface area contributed by atoms with Crippen LogP contribution in [-0.2, 0) is 27.9 Å². The number of carbonyl (C=O) groups excluding carboxylic acids is 1. The Kier molecular flexibility index (Phi) is 38.9. The number of rotatable bonds is 40. The number of hydrogen-bond acceptors (Lipinski definition) is 8. The van der Waals surface area contributed by atoms with E-state index in [1.165, 1.54) is 70.6 Å². The molecule has 53 heavy (non-hydrogen) atoms. The predicted molar refractivity (Wildman–Crippen MR) is 219 cm³/mol. The Labute approximate surface area is 324 Å². The molecule has 0 aliphatic heterocycles. The fourth-order valence-corrected chi connectivity index (χ4v) is 6.27. The van der Waals surface area contributed by atoms with Crippen LogP contribution >= 0.6 is 7.82 Å². The van der Waals surface area contributed by atoms with Gasteiger partial charge in [0, 0.05) is 13.0 Å². The summed E-state index contributed by atoms with van der Waals surface area (Å²) in [5.41, 5.74) is 0. The molecule has 0 aliphatic carbocycles. The summed E-state index contributed by atoms with van der Waals surface area (Å²) in [7, 11) is -4.52. The van der Waals surface area contributed by atoms with Crippen LogP contribution in [0.25, 0.3) is 0 Å². The van der Waals surface area contributed by atoms with Crippen LogP contribution in [0.5, 0.6) is 0 Å². The average molecular weight is 771 g/mol. The van der Waals surface area contributed by atoms with Gasteiger partial charge in [0.05, 0.1) is 26.4 Å². The van der Waals surface area contributed by atoms with Crippen molar-refractivity contribution < 1.29 is 43.0 Å². The molecule has 0 rings (SSSR count). The summed E-state index contributed by atoms with van der Waals surface area (Å²) in [5, 5.41) is 18.3. The molecule has 0 heterocycles. The van der Waals surface area contributed by atoms with Gasteiger partial charge in [-0.2, -0.15) is 0 Å². The predicted octanol–water partition coefficient (Wildman–Crippen LogP) is 11.4. The number of unbranched alkanes of at least 4 members (excludes halogenated alkanes) is 18. The van der Waals surface area contributed by atoms with E-state index in [4.69, 9.17) is 23.6 Å². The number of hydrogen-bond donors (Lipinski definition) is 3. The van der Waals surface area contributed by atoms with Crippen molar-refractivity contribution in [2.75, 3.05) is 33.0 Å². The normalized spacial score (nSPS) is 14.6. The van der Waals surface area contributed by atoms with Crippen LogP contribution < -0.4 is 0 Å². The number of ether oxygens (including phenoxy) is 2. The number of phosphoric acid groups is 1. The van der Waals surface area contributed by atoms with Crippen molar-refractivity contribution >= 4 is 13.8 Å². The second-order valence-electron chi connectivity index (χ2n) is 14.0. The van der Waals surface area contributed by atoms with Gasteiger partial charge in [-0.05, 0) is 70.6 Å². The zero-order valence-corrected chi connectivity index (χ0v) is 34.6. The molecule has 9 nitrogen and oxygen atoms in total. The van der Waals surface area contributed by atoms with E-state index in [2.05, 4.69) is 62.5 Å². The fraction of sp³-hybridized carbons (Fsp3) is 0.791. The van der Waals surface area contributed by atoms with Crippen LogP contribution in [0.1, 0.15) is 174 Å². The molecule has 0 aliphatic rings. The van der Waals surface area contributed by atoms with E-state index in [0.717, 1.165) is 77.0 Å². The SMILES string of the molecule is CCC/C=C\CCCCCCCC(=O)OC(COCCCCCCCCC/C=C\C/C=C\C/C=C\CCCCCCC)COP(=O)(O)OCC(O)CO. The van der Waals surface area contributed by atoms with E-state index < -0.39 is 39.2 Å². The third-order valence-corrected chi connectivity index (χ3v) is 9.67. The summed E-state index contributed by atoms with van der Waals surface area (Å²) in [5.74, 6) is -0.400. The lowest BCUT2D eigenvalue weighted by molar-refractivity contribution is -0.154. The molecule has 0 aromatic carbocycles. The van der Waals surface area contributed by atoms with Gasteiger partial charge < -0.3 is 24.6 Å². The first-order valence-corrected chi connectivity index (χ1v) is 22.6. The van der Waals surface area contributed by atoms with Crippen molar-refractivity contribution in [1.29, 1.82) is 0 Å². The highest BCUT2D eigenvalue weighted by molar-refractivity contribution is 7.47. The zero-order valence-electron chi connectivity index (χ0n) is 33.7. The number of phosphoric ester groups is 1. The molecule has 0 bridgehead atoms. The Hall–Kier alpha value is -1.58. The molecule has 3 unspecified atom stereocenters. The Balaban J connectivity index is 4.13. The number of aliphatic hydroxyl groups is 2. The highest BCUT2D eigenvalue weighted by Gasteiger charge is 2.26. The van der Waals surface area contributed by atoms with E-state index in [-0.39, 0.29) is 19.6 Å². The van der Waals surface area contributed by atoms with Crippen LogP contribution in [0, 0.1) is 0 Å². The van der Waals surface area contributed by atoms with E-state index >= 15 is 0 Å². The maximum absolute atomic E-state index is 12.5. The summed E-state index contributed by atoms with van der Waals surface area (Å²) in [6.45, 7) is 3.40. The first kappa shape index (κ1) is 51.4. The van der Waals surface area contributed by atoms with Gasteiger partial charge in [-0.25, -0.2) is 4.57 Å². The van der Waals surface area contributed by atoms with Crippen molar-refractivity contribution in [3.05, 3.63) is 48.6 Å². The molecule has 0 radical (unpaired) electrons. The van der Waals surface area contributed by atoms with Crippen LogP contribution in [0.15, 0.2) is 48.6 Å². The summed E-state index contributed by atoms with van der Waals surface area (Å²) >= 11 is 0. The Morgan fingerprint density at radius 1 is 0.585 bits per heavy atom. The molecular formula is C43H79O9P. The van der Waals surface area contributed by atoms with Crippen molar-refractivity contribution in [3.8, 4) is 0 Å². The van der Waals surface area contributed by atoms with Crippen LogP contribution in [0.3, 0.4) is 0 Å². The van der Waals surface area contributed by atoms with E-state index in [9.17, 15) is 19.4 Å². The highest BCUT2D eigenvalue weighted by atomic mass is 31.2. The quantitative estimate of drug-likeness (QED) is 0.0241. The van der Waals surface area contributed by atoms with Crippen molar-refractivity contribution in [1.82, 2.24) is 0 Å². The minimum Gasteiger partial charge on any atom is -0.457 e. The third-order valence-electron chi connectivity index (χ3n) is 8.72. The van der Waals surface area contributed by atoms with Crippen LogP contribution in [0.4, 0.5) is 0 Å². The lowest BCUT2D eigenvalue weighted by atomic mass is 10.1. The average Bonchev–Trinajstić information content (AvgIpc) is 3.15. The number of esters is 1. The molecule has 0 saturated carbocycles. The molecule has 0 aromatic rings. The summed E-state index contributed by atoms with van der Waals surface area (Å²) in [6, 6.07) is 0. The van der Waals surface area contributed by atoms with Gasteiger partial charge in [-0.3, -0.25) is 13.8 Å². The number of carbonyl (C=O) groups is 1. The van der Waals surface area contributed by atoms with Gasteiger partial charge in [0.25, 0.3) is 0 Å². The highest BCUT2D eigenvalue weighted by Crippen LogP contribution is 2.43. The monoisotopic (exact) mass is 771 g/mol. The van der Waals surface area contributed by atoms with E-state index in [1.807, 2.05) is 0 Å². The van der Waals surface area contributed by atoms with Crippen LogP contribution in [0.2, 0.25) is 0 Å². The largest absolute Gasteiger partial charge is 0.472 e. The lowest BCUT2D eigenvalue weighted by Gasteiger charge is -2.20. The molecule has 0 saturated heterocycles. The standard InChI is InChI=1S/C43H79O9P/c1-3-5-7-9-11-13-15-16-17-18-19-20-21-22-23-24-25-26-28-30-32-34-36-49-39-42(40-51-53(47,48)50-38-41(45)37-44)52-43(46)35-33-31-29-27-14-12-10-8-6-4-2/h8,10,15-16,18-19,21-22,41-42,44-45H,3-7,9,11-14,17,20,23-40H2,1-2H3,(H,47,48)/b10-8-,16-15-,19-18-,22-21-. The first-order chi connectivity index (χ1) is 25.8. The Morgan fingerprint density at radius 2 is 1.06 bits per heavy atom. The molecule has 3 atom stereocenters.